The Labute approximate surface area is 179 Å². The highest BCUT2D eigenvalue weighted by molar-refractivity contribution is 5.79. The topological polar surface area (TPSA) is 66.0 Å². The lowest BCUT2D eigenvalue weighted by molar-refractivity contribution is -0.128. The lowest BCUT2D eigenvalue weighted by Gasteiger charge is -2.15. The van der Waals surface area contributed by atoms with Crippen LogP contribution in [0, 0.1) is 0 Å². The van der Waals surface area contributed by atoms with Gasteiger partial charge in [-0.1, -0.05) is 42.5 Å². The summed E-state index contributed by atoms with van der Waals surface area (Å²) in [6, 6.07) is 16.4. The van der Waals surface area contributed by atoms with Crippen LogP contribution in [-0.2, 0) is 24.4 Å². The van der Waals surface area contributed by atoms with Gasteiger partial charge in [0.15, 0.2) is 5.96 Å². The molecule has 6 heteroatoms. The van der Waals surface area contributed by atoms with Crippen LogP contribution in [0.2, 0.25) is 0 Å². The molecule has 0 aromatic heterocycles. The Morgan fingerprint density at radius 3 is 2.53 bits per heavy atom. The first kappa shape index (κ1) is 21.7. The fourth-order valence-electron chi connectivity index (χ4n) is 3.48. The van der Waals surface area contributed by atoms with E-state index in [0.29, 0.717) is 32.7 Å². The molecule has 0 bridgehead atoms. The van der Waals surface area contributed by atoms with Crippen molar-refractivity contribution in [3.63, 3.8) is 0 Å². The molecule has 2 aromatic carbocycles. The van der Waals surface area contributed by atoms with Crippen molar-refractivity contribution in [3.8, 4) is 5.75 Å². The van der Waals surface area contributed by atoms with Crippen molar-refractivity contribution >= 4 is 11.9 Å². The van der Waals surface area contributed by atoms with Gasteiger partial charge in [-0.2, -0.15) is 0 Å². The summed E-state index contributed by atoms with van der Waals surface area (Å²) in [5, 5.41) is 6.68. The molecule has 0 radical (unpaired) electrons. The Bertz CT molecular complexity index is 849. The van der Waals surface area contributed by atoms with Crippen molar-refractivity contribution in [2.45, 2.75) is 46.3 Å². The number of para-hydroxylation sites is 1. The van der Waals surface area contributed by atoms with E-state index in [1.54, 1.807) is 0 Å². The van der Waals surface area contributed by atoms with Gasteiger partial charge in [-0.25, -0.2) is 4.99 Å². The zero-order valence-electron chi connectivity index (χ0n) is 18.0. The first-order chi connectivity index (χ1) is 14.7. The van der Waals surface area contributed by atoms with Crippen LogP contribution in [0.25, 0.3) is 0 Å². The zero-order valence-corrected chi connectivity index (χ0v) is 18.0. The average Bonchev–Trinajstić information content (AvgIpc) is 3.16. The van der Waals surface area contributed by atoms with Gasteiger partial charge < -0.3 is 20.3 Å². The third-order valence-corrected chi connectivity index (χ3v) is 5.05. The van der Waals surface area contributed by atoms with Gasteiger partial charge in [0.05, 0.1) is 13.2 Å². The molecule has 30 heavy (non-hydrogen) atoms. The smallest absolute Gasteiger partial charge is 0.222 e. The van der Waals surface area contributed by atoms with Gasteiger partial charge in [0.2, 0.25) is 5.91 Å². The fourth-order valence-corrected chi connectivity index (χ4v) is 3.48. The van der Waals surface area contributed by atoms with Crippen molar-refractivity contribution in [2.75, 3.05) is 19.7 Å². The highest BCUT2D eigenvalue weighted by Crippen LogP contribution is 2.18. The number of rotatable bonds is 9. The maximum Gasteiger partial charge on any atom is 0.222 e. The Morgan fingerprint density at radius 1 is 1.07 bits per heavy atom. The van der Waals surface area contributed by atoms with Gasteiger partial charge in [0.25, 0.3) is 0 Å². The highest BCUT2D eigenvalue weighted by Gasteiger charge is 2.19. The number of ether oxygens (including phenoxy) is 1. The number of hydrogen-bond donors (Lipinski definition) is 2. The van der Waals surface area contributed by atoms with E-state index in [1.165, 1.54) is 0 Å². The number of guanidine groups is 1. The number of carbonyl (C=O) groups is 1. The molecule has 0 aliphatic carbocycles. The molecule has 1 amide bonds. The average molecular weight is 409 g/mol. The molecule has 2 aromatic rings. The van der Waals surface area contributed by atoms with Crippen LogP contribution in [0.5, 0.6) is 5.75 Å². The Morgan fingerprint density at radius 2 is 1.83 bits per heavy atom. The molecule has 0 saturated carbocycles. The summed E-state index contributed by atoms with van der Waals surface area (Å²) in [7, 11) is 0. The molecule has 1 saturated heterocycles. The second-order valence-electron chi connectivity index (χ2n) is 7.32. The molecule has 3 rings (SSSR count). The molecule has 2 N–H and O–H groups in total. The summed E-state index contributed by atoms with van der Waals surface area (Å²) in [5.74, 6) is 1.93. The number of hydrogen-bond acceptors (Lipinski definition) is 3. The number of carbonyl (C=O) groups excluding carboxylic acids is 1. The Kier molecular flexibility index (Phi) is 8.12. The minimum Gasteiger partial charge on any atom is -0.494 e. The molecule has 0 unspecified atom stereocenters. The first-order valence-electron chi connectivity index (χ1n) is 10.8. The lowest BCUT2D eigenvalue weighted by atomic mass is 10.1. The molecule has 6 nitrogen and oxygen atoms in total. The van der Waals surface area contributed by atoms with Crippen LogP contribution in [0.4, 0.5) is 0 Å². The predicted molar refractivity (Wildman–Crippen MR) is 120 cm³/mol. The second kappa shape index (κ2) is 11.2. The number of aliphatic imine (C=N–C) groups is 1. The van der Waals surface area contributed by atoms with Crippen LogP contribution in [0.3, 0.4) is 0 Å². The van der Waals surface area contributed by atoms with Crippen molar-refractivity contribution in [1.29, 1.82) is 0 Å². The standard InChI is InChI=1S/C24H32N4O2/c1-3-25-24(27-17-21-8-5-6-9-22(21)30-4-2)26-16-19-11-13-20(14-12-19)18-28-15-7-10-23(28)29/h5-6,8-9,11-14H,3-4,7,10,15-18H2,1-2H3,(H2,25,26,27). The quantitative estimate of drug-likeness (QED) is 0.493. The van der Waals surface area contributed by atoms with E-state index in [9.17, 15) is 4.79 Å². The van der Waals surface area contributed by atoms with Gasteiger partial charge in [-0.15, -0.1) is 0 Å². The third-order valence-electron chi connectivity index (χ3n) is 5.05. The van der Waals surface area contributed by atoms with E-state index >= 15 is 0 Å². The Balaban J connectivity index is 1.57. The van der Waals surface area contributed by atoms with E-state index < -0.39 is 0 Å². The van der Waals surface area contributed by atoms with E-state index in [0.717, 1.165) is 47.9 Å². The van der Waals surface area contributed by atoms with Crippen LogP contribution in [0.1, 0.15) is 43.4 Å². The SMILES string of the molecule is CCNC(=NCc1ccc(CN2CCCC2=O)cc1)NCc1ccccc1OCC. The number of amides is 1. The summed E-state index contributed by atoms with van der Waals surface area (Å²) in [5.41, 5.74) is 3.40. The van der Waals surface area contributed by atoms with E-state index in [-0.39, 0.29) is 5.91 Å². The summed E-state index contributed by atoms with van der Waals surface area (Å²) in [4.78, 5) is 18.4. The van der Waals surface area contributed by atoms with Gasteiger partial charge in [-0.3, -0.25) is 4.79 Å². The van der Waals surface area contributed by atoms with Gasteiger partial charge in [0, 0.05) is 38.2 Å². The van der Waals surface area contributed by atoms with Crippen LogP contribution in [-0.4, -0.2) is 36.5 Å². The first-order valence-corrected chi connectivity index (χ1v) is 10.8. The minimum atomic E-state index is 0.260. The van der Waals surface area contributed by atoms with Crippen molar-refractivity contribution in [2.24, 2.45) is 4.99 Å². The summed E-state index contributed by atoms with van der Waals surface area (Å²) in [6.45, 7) is 8.29. The molecule has 1 heterocycles. The van der Waals surface area contributed by atoms with Crippen LogP contribution >= 0.6 is 0 Å². The third kappa shape index (κ3) is 6.24. The van der Waals surface area contributed by atoms with Crippen molar-refractivity contribution < 1.29 is 9.53 Å². The number of benzene rings is 2. The molecule has 0 spiro atoms. The normalized spacial score (nSPS) is 14.1. The lowest BCUT2D eigenvalue weighted by Crippen LogP contribution is -2.36. The minimum absolute atomic E-state index is 0.260. The number of nitrogens with one attached hydrogen (secondary N) is 2. The van der Waals surface area contributed by atoms with Gasteiger partial charge in [0.1, 0.15) is 5.75 Å². The monoisotopic (exact) mass is 408 g/mol. The van der Waals surface area contributed by atoms with Gasteiger partial charge >= 0.3 is 0 Å². The maximum atomic E-state index is 11.8. The number of likely N-dealkylation sites (tertiary alicyclic amines) is 1. The second-order valence-corrected chi connectivity index (χ2v) is 7.32. The van der Waals surface area contributed by atoms with Crippen molar-refractivity contribution in [3.05, 3.63) is 65.2 Å². The summed E-state index contributed by atoms with van der Waals surface area (Å²) < 4.78 is 5.70. The molecule has 1 fully saturated rings. The number of nitrogens with zero attached hydrogens (tertiary/aromatic N) is 2. The molecule has 1 aliphatic rings. The molecule has 160 valence electrons. The maximum absolute atomic E-state index is 11.8. The van der Waals surface area contributed by atoms with E-state index in [2.05, 4.69) is 47.9 Å². The van der Waals surface area contributed by atoms with E-state index in [4.69, 9.17) is 9.73 Å². The van der Waals surface area contributed by atoms with Crippen LogP contribution in [0.15, 0.2) is 53.5 Å². The Hall–Kier alpha value is -3.02. The predicted octanol–water partition coefficient (Wildman–Crippen LogP) is 3.46. The molecule has 0 atom stereocenters. The van der Waals surface area contributed by atoms with Crippen molar-refractivity contribution in [1.82, 2.24) is 15.5 Å². The van der Waals surface area contributed by atoms with Crippen LogP contribution < -0.4 is 15.4 Å². The molecular formula is C24H32N4O2. The highest BCUT2D eigenvalue weighted by atomic mass is 16.5. The molecule has 1 aliphatic heterocycles. The van der Waals surface area contributed by atoms with E-state index in [1.807, 2.05) is 30.0 Å². The zero-order chi connectivity index (χ0) is 21.2. The molecular weight excluding hydrogens is 376 g/mol. The largest absolute Gasteiger partial charge is 0.494 e. The fraction of sp³-hybridized carbons (Fsp3) is 0.417. The summed E-state index contributed by atoms with van der Waals surface area (Å²) in [6.07, 6.45) is 1.66. The summed E-state index contributed by atoms with van der Waals surface area (Å²) >= 11 is 0. The van der Waals surface area contributed by atoms with Gasteiger partial charge in [-0.05, 0) is 37.5 Å².